The van der Waals surface area contributed by atoms with Crippen molar-refractivity contribution in [1.29, 1.82) is 0 Å². The SMILES string of the molecule is CCCC(O)c1nc2ccccc2n1CCCCOc1ccccc1. The molecule has 0 saturated heterocycles. The summed E-state index contributed by atoms with van der Waals surface area (Å²) in [5.74, 6) is 1.70. The van der Waals surface area contributed by atoms with Gasteiger partial charge in [-0.3, -0.25) is 0 Å². The molecule has 2 aromatic carbocycles. The standard InChI is InChI=1S/C21H26N2O2/c1-2-10-20(24)21-22-18-13-6-7-14-19(18)23(21)15-8-9-16-25-17-11-4-3-5-12-17/h3-7,11-14,20,24H,2,8-10,15-16H2,1H3. The first kappa shape index (κ1) is 17.5. The lowest BCUT2D eigenvalue weighted by Gasteiger charge is -2.13. The molecule has 0 bridgehead atoms. The van der Waals surface area contributed by atoms with E-state index in [-0.39, 0.29) is 0 Å². The molecule has 0 aliphatic rings. The summed E-state index contributed by atoms with van der Waals surface area (Å²) in [5, 5.41) is 10.4. The number of hydrogen-bond donors (Lipinski definition) is 1. The molecule has 0 aliphatic heterocycles. The number of aliphatic hydroxyl groups is 1. The number of imidazole rings is 1. The highest BCUT2D eigenvalue weighted by atomic mass is 16.5. The predicted octanol–water partition coefficient (Wildman–Crippen LogP) is 4.73. The van der Waals surface area contributed by atoms with Crippen molar-refractivity contribution >= 4 is 11.0 Å². The third-order valence-electron chi connectivity index (χ3n) is 4.33. The number of aliphatic hydroxyl groups excluding tert-OH is 1. The van der Waals surface area contributed by atoms with Crippen molar-refractivity contribution in [2.24, 2.45) is 0 Å². The van der Waals surface area contributed by atoms with Gasteiger partial charge in [0.2, 0.25) is 0 Å². The molecule has 0 aliphatic carbocycles. The molecule has 1 aromatic heterocycles. The monoisotopic (exact) mass is 338 g/mol. The third kappa shape index (κ3) is 4.40. The quantitative estimate of drug-likeness (QED) is 0.574. The second kappa shape index (κ2) is 8.67. The topological polar surface area (TPSA) is 47.3 Å². The summed E-state index contributed by atoms with van der Waals surface area (Å²) in [5.41, 5.74) is 2.05. The van der Waals surface area contributed by atoms with Gasteiger partial charge in [0.15, 0.2) is 0 Å². The average molecular weight is 338 g/mol. The number of fused-ring (bicyclic) bond motifs is 1. The maximum absolute atomic E-state index is 10.4. The molecule has 3 rings (SSSR count). The first-order valence-corrected chi connectivity index (χ1v) is 9.10. The fourth-order valence-corrected chi connectivity index (χ4v) is 3.06. The predicted molar refractivity (Wildman–Crippen MR) is 101 cm³/mol. The second-order valence-corrected chi connectivity index (χ2v) is 6.28. The Kier molecular flexibility index (Phi) is 6.07. The molecule has 0 radical (unpaired) electrons. The molecule has 1 heterocycles. The van der Waals surface area contributed by atoms with E-state index in [9.17, 15) is 5.11 Å². The van der Waals surface area contributed by atoms with Gasteiger partial charge >= 0.3 is 0 Å². The summed E-state index contributed by atoms with van der Waals surface area (Å²) in [6.07, 6.45) is 3.12. The zero-order chi connectivity index (χ0) is 17.5. The molecular formula is C21H26N2O2. The fraction of sp³-hybridized carbons (Fsp3) is 0.381. The molecule has 1 atom stereocenters. The van der Waals surface area contributed by atoms with E-state index in [1.54, 1.807) is 0 Å². The zero-order valence-corrected chi connectivity index (χ0v) is 14.8. The van der Waals surface area contributed by atoms with E-state index < -0.39 is 6.10 Å². The summed E-state index contributed by atoms with van der Waals surface area (Å²) in [6, 6.07) is 18.0. The Morgan fingerprint density at radius 1 is 1.04 bits per heavy atom. The van der Waals surface area contributed by atoms with E-state index in [1.165, 1.54) is 0 Å². The molecule has 0 saturated carbocycles. The van der Waals surface area contributed by atoms with Crippen LogP contribution in [-0.2, 0) is 6.54 Å². The van der Waals surface area contributed by atoms with Gasteiger partial charge in [0.25, 0.3) is 0 Å². The fourth-order valence-electron chi connectivity index (χ4n) is 3.06. The maximum Gasteiger partial charge on any atom is 0.138 e. The van der Waals surface area contributed by atoms with Gasteiger partial charge in [-0.25, -0.2) is 4.98 Å². The van der Waals surface area contributed by atoms with Crippen molar-refractivity contribution in [3.8, 4) is 5.75 Å². The summed E-state index contributed by atoms with van der Waals surface area (Å²) in [7, 11) is 0. The van der Waals surface area contributed by atoms with Crippen molar-refractivity contribution < 1.29 is 9.84 Å². The molecule has 0 amide bonds. The first-order chi connectivity index (χ1) is 12.3. The summed E-state index contributed by atoms with van der Waals surface area (Å²) >= 11 is 0. The number of nitrogens with zero attached hydrogens (tertiary/aromatic N) is 2. The summed E-state index contributed by atoms with van der Waals surface area (Å²) in [6.45, 7) is 3.62. The van der Waals surface area contributed by atoms with E-state index in [0.717, 1.165) is 54.8 Å². The van der Waals surface area contributed by atoms with Crippen molar-refractivity contribution in [3.05, 3.63) is 60.4 Å². The van der Waals surface area contributed by atoms with Gasteiger partial charge in [-0.2, -0.15) is 0 Å². The number of unbranched alkanes of at least 4 members (excludes halogenated alkanes) is 1. The van der Waals surface area contributed by atoms with Crippen LogP contribution < -0.4 is 4.74 Å². The summed E-state index contributed by atoms with van der Waals surface area (Å²) < 4.78 is 7.92. The lowest BCUT2D eigenvalue weighted by molar-refractivity contribution is 0.152. The van der Waals surface area contributed by atoms with Crippen LogP contribution in [0.25, 0.3) is 11.0 Å². The molecule has 4 nitrogen and oxygen atoms in total. The Hall–Kier alpha value is -2.33. The van der Waals surface area contributed by atoms with Gasteiger partial charge in [0.1, 0.15) is 17.7 Å². The van der Waals surface area contributed by atoms with Gasteiger partial charge in [-0.1, -0.05) is 43.7 Å². The van der Waals surface area contributed by atoms with Crippen LogP contribution in [0.1, 0.15) is 44.5 Å². The van der Waals surface area contributed by atoms with Crippen LogP contribution in [0.5, 0.6) is 5.75 Å². The molecule has 3 aromatic rings. The number of rotatable bonds is 9. The van der Waals surface area contributed by atoms with Crippen molar-refractivity contribution in [1.82, 2.24) is 9.55 Å². The van der Waals surface area contributed by atoms with Crippen molar-refractivity contribution in [2.45, 2.75) is 45.3 Å². The molecular weight excluding hydrogens is 312 g/mol. The van der Waals surface area contributed by atoms with Crippen LogP contribution in [0.15, 0.2) is 54.6 Å². The number of para-hydroxylation sites is 3. The minimum atomic E-state index is -0.502. The average Bonchev–Trinajstić information content (AvgIpc) is 3.01. The van der Waals surface area contributed by atoms with E-state index in [1.807, 2.05) is 48.5 Å². The highest BCUT2D eigenvalue weighted by Gasteiger charge is 2.17. The normalized spacial score (nSPS) is 12.4. The molecule has 0 fully saturated rings. The molecule has 25 heavy (non-hydrogen) atoms. The molecule has 1 unspecified atom stereocenters. The number of hydrogen-bond acceptors (Lipinski definition) is 3. The van der Waals surface area contributed by atoms with Gasteiger partial charge < -0.3 is 14.4 Å². The Morgan fingerprint density at radius 2 is 1.80 bits per heavy atom. The smallest absolute Gasteiger partial charge is 0.138 e. The van der Waals surface area contributed by atoms with E-state index in [4.69, 9.17) is 4.74 Å². The Labute approximate surface area is 149 Å². The Bertz CT molecular complexity index is 783. The lowest BCUT2D eigenvalue weighted by atomic mass is 10.2. The van der Waals surface area contributed by atoms with Crippen LogP contribution in [0.4, 0.5) is 0 Å². The Morgan fingerprint density at radius 3 is 2.60 bits per heavy atom. The van der Waals surface area contributed by atoms with Crippen LogP contribution in [0.2, 0.25) is 0 Å². The van der Waals surface area contributed by atoms with E-state index >= 15 is 0 Å². The van der Waals surface area contributed by atoms with E-state index in [0.29, 0.717) is 6.61 Å². The second-order valence-electron chi connectivity index (χ2n) is 6.28. The van der Waals surface area contributed by atoms with Crippen LogP contribution in [0.3, 0.4) is 0 Å². The first-order valence-electron chi connectivity index (χ1n) is 9.10. The molecule has 0 spiro atoms. The number of ether oxygens (including phenoxy) is 1. The zero-order valence-electron chi connectivity index (χ0n) is 14.8. The largest absolute Gasteiger partial charge is 0.494 e. The van der Waals surface area contributed by atoms with Crippen molar-refractivity contribution in [3.63, 3.8) is 0 Å². The summed E-state index contributed by atoms with van der Waals surface area (Å²) in [4.78, 5) is 4.66. The number of aromatic nitrogens is 2. The van der Waals surface area contributed by atoms with Crippen LogP contribution in [-0.4, -0.2) is 21.3 Å². The Balaban J connectivity index is 1.62. The van der Waals surface area contributed by atoms with Gasteiger partial charge in [0.05, 0.1) is 17.6 Å². The number of aryl methyl sites for hydroxylation is 1. The highest BCUT2D eigenvalue weighted by molar-refractivity contribution is 5.76. The molecule has 132 valence electrons. The van der Waals surface area contributed by atoms with E-state index in [2.05, 4.69) is 22.5 Å². The number of benzene rings is 2. The van der Waals surface area contributed by atoms with Gasteiger partial charge in [0, 0.05) is 6.54 Å². The van der Waals surface area contributed by atoms with Gasteiger partial charge in [-0.15, -0.1) is 0 Å². The lowest BCUT2D eigenvalue weighted by Crippen LogP contribution is -2.10. The van der Waals surface area contributed by atoms with Crippen LogP contribution >= 0.6 is 0 Å². The molecule has 4 heteroatoms. The van der Waals surface area contributed by atoms with Gasteiger partial charge in [-0.05, 0) is 43.5 Å². The van der Waals surface area contributed by atoms with Crippen LogP contribution in [0, 0.1) is 0 Å². The minimum Gasteiger partial charge on any atom is -0.494 e. The minimum absolute atomic E-state index is 0.502. The molecule has 1 N–H and O–H groups in total. The maximum atomic E-state index is 10.4. The van der Waals surface area contributed by atoms with Crippen molar-refractivity contribution in [2.75, 3.05) is 6.61 Å². The third-order valence-corrected chi connectivity index (χ3v) is 4.33. The highest BCUT2D eigenvalue weighted by Crippen LogP contribution is 2.24.